The maximum Gasteiger partial charge on any atom is 0.255 e. The van der Waals surface area contributed by atoms with Crippen LogP contribution in [0.25, 0.3) is 11.0 Å². The molecule has 25 heavy (non-hydrogen) atoms. The van der Waals surface area contributed by atoms with E-state index in [1.54, 1.807) is 42.7 Å². The molecule has 0 bridgehead atoms. The zero-order valence-electron chi connectivity index (χ0n) is 13.6. The largest absolute Gasteiger partial charge is 0.366 e. The zero-order valence-corrected chi connectivity index (χ0v) is 13.6. The number of primary amides is 1. The number of rotatable bonds is 5. The van der Waals surface area contributed by atoms with Crippen LogP contribution in [0.5, 0.6) is 0 Å². The molecule has 0 aliphatic heterocycles. The van der Waals surface area contributed by atoms with Crippen molar-refractivity contribution in [1.29, 1.82) is 0 Å². The third-order valence-electron chi connectivity index (χ3n) is 4.42. The third kappa shape index (κ3) is 3.10. The van der Waals surface area contributed by atoms with Gasteiger partial charge in [0.1, 0.15) is 5.65 Å². The fourth-order valence-electron chi connectivity index (χ4n) is 2.95. The number of benzene rings is 1. The van der Waals surface area contributed by atoms with Crippen LogP contribution in [0.3, 0.4) is 0 Å². The maximum absolute atomic E-state index is 12.3. The Morgan fingerprint density at radius 2 is 2.00 bits per heavy atom. The first kappa shape index (κ1) is 15.4. The van der Waals surface area contributed by atoms with Crippen molar-refractivity contribution in [2.45, 2.75) is 19.4 Å². The predicted molar refractivity (Wildman–Crippen MR) is 95.4 cm³/mol. The highest BCUT2D eigenvalue weighted by atomic mass is 16.2. The number of amides is 2. The second kappa shape index (κ2) is 6.05. The number of anilines is 1. The second-order valence-electron chi connectivity index (χ2n) is 6.42. The van der Waals surface area contributed by atoms with Gasteiger partial charge in [-0.05, 0) is 37.0 Å². The fourth-order valence-corrected chi connectivity index (χ4v) is 2.95. The van der Waals surface area contributed by atoms with E-state index < -0.39 is 5.91 Å². The van der Waals surface area contributed by atoms with Gasteiger partial charge in [-0.2, -0.15) is 0 Å². The van der Waals surface area contributed by atoms with Crippen molar-refractivity contribution in [2.75, 3.05) is 5.32 Å². The molecule has 1 aromatic carbocycles. The second-order valence-corrected chi connectivity index (χ2v) is 6.42. The van der Waals surface area contributed by atoms with Gasteiger partial charge >= 0.3 is 0 Å². The number of hydrogen-bond donors (Lipinski definition) is 2. The highest BCUT2D eigenvalue weighted by Gasteiger charge is 2.24. The van der Waals surface area contributed by atoms with Crippen LogP contribution in [0, 0.1) is 5.92 Å². The molecule has 1 fully saturated rings. The van der Waals surface area contributed by atoms with Gasteiger partial charge in [0.15, 0.2) is 0 Å². The minimum Gasteiger partial charge on any atom is -0.366 e. The Morgan fingerprint density at radius 3 is 2.68 bits per heavy atom. The number of carbonyl (C=O) groups is 2. The standard InChI is InChI=1S/C19H18N4O2/c20-17(24)16-11-23(10-12-6-7-12)18-15(16)8-14(9-21-18)22-19(25)13-4-2-1-3-5-13/h1-5,8-9,11-12H,6-7,10H2,(H2,20,24)(H,22,25). The molecule has 0 unspecified atom stereocenters. The first-order valence-electron chi connectivity index (χ1n) is 8.27. The number of fused-ring (bicyclic) bond motifs is 1. The molecule has 6 nitrogen and oxygen atoms in total. The van der Waals surface area contributed by atoms with Crippen LogP contribution in [0.1, 0.15) is 33.6 Å². The Kier molecular flexibility index (Phi) is 3.72. The quantitative estimate of drug-likeness (QED) is 0.752. The number of nitrogens with zero attached hydrogens (tertiary/aromatic N) is 2. The van der Waals surface area contributed by atoms with Crippen molar-refractivity contribution in [3.05, 3.63) is 59.9 Å². The summed E-state index contributed by atoms with van der Waals surface area (Å²) in [5.74, 6) is -0.0664. The summed E-state index contributed by atoms with van der Waals surface area (Å²) in [5.41, 5.74) is 7.76. The lowest BCUT2D eigenvalue weighted by atomic mass is 10.2. The smallest absolute Gasteiger partial charge is 0.255 e. The molecule has 4 rings (SSSR count). The van der Waals surface area contributed by atoms with Gasteiger partial charge in [0.2, 0.25) is 0 Å². The first-order valence-corrected chi connectivity index (χ1v) is 8.27. The molecular weight excluding hydrogens is 316 g/mol. The molecule has 1 saturated carbocycles. The van der Waals surface area contributed by atoms with Gasteiger partial charge in [-0.3, -0.25) is 9.59 Å². The summed E-state index contributed by atoms with van der Waals surface area (Å²) in [6.45, 7) is 0.840. The van der Waals surface area contributed by atoms with Crippen LogP contribution in [0.4, 0.5) is 5.69 Å². The van der Waals surface area contributed by atoms with Gasteiger partial charge in [0.25, 0.3) is 11.8 Å². The Labute approximate surface area is 144 Å². The van der Waals surface area contributed by atoms with E-state index >= 15 is 0 Å². The van der Waals surface area contributed by atoms with Crippen LogP contribution < -0.4 is 11.1 Å². The molecule has 2 amide bonds. The lowest BCUT2D eigenvalue weighted by molar-refractivity contribution is 0.0999. The molecule has 126 valence electrons. The number of nitrogens with two attached hydrogens (primary N) is 1. The SMILES string of the molecule is NC(=O)c1cn(CC2CC2)c2ncc(NC(=O)c3ccccc3)cc12. The lowest BCUT2D eigenvalue weighted by Gasteiger charge is -2.06. The van der Waals surface area contributed by atoms with Crippen LogP contribution in [0.15, 0.2) is 48.8 Å². The van der Waals surface area contributed by atoms with Gasteiger partial charge in [-0.1, -0.05) is 18.2 Å². The molecule has 0 spiro atoms. The Balaban J connectivity index is 1.68. The fraction of sp³-hybridized carbons (Fsp3) is 0.211. The van der Waals surface area contributed by atoms with Crippen LogP contribution in [-0.2, 0) is 6.54 Å². The normalized spacial score (nSPS) is 13.8. The summed E-state index contributed by atoms with van der Waals surface area (Å²) in [6, 6.07) is 10.7. The summed E-state index contributed by atoms with van der Waals surface area (Å²) < 4.78 is 1.98. The van der Waals surface area contributed by atoms with Crippen LogP contribution >= 0.6 is 0 Å². The summed E-state index contributed by atoms with van der Waals surface area (Å²) >= 11 is 0. The minimum atomic E-state index is -0.493. The maximum atomic E-state index is 12.3. The van der Waals surface area contributed by atoms with Crippen molar-refractivity contribution >= 4 is 28.5 Å². The van der Waals surface area contributed by atoms with E-state index in [0.717, 1.165) is 12.2 Å². The van der Waals surface area contributed by atoms with Gasteiger partial charge < -0.3 is 15.6 Å². The molecule has 0 radical (unpaired) electrons. The first-order chi connectivity index (χ1) is 12.1. The Morgan fingerprint density at radius 1 is 1.24 bits per heavy atom. The van der Waals surface area contributed by atoms with Crippen LogP contribution in [0.2, 0.25) is 0 Å². The lowest BCUT2D eigenvalue weighted by Crippen LogP contribution is -2.12. The van der Waals surface area contributed by atoms with Gasteiger partial charge in [-0.25, -0.2) is 4.98 Å². The average molecular weight is 334 g/mol. The van der Waals surface area contributed by atoms with Gasteiger partial charge in [-0.15, -0.1) is 0 Å². The zero-order chi connectivity index (χ0) is 17.4. The number of pyridine rings is 1. The Hall–Kier alpha value is -3.15. The topological polar surface area (TPSA) is 90.0 Å². The average Bonchev–Trinajstić information content (AvgIpc) is 3.36. The minimum absolute atomic E-state index is 0.222. The highest BCUT2D eigenvalue weighted by Crippen LogP contribution is 2.33. The molecule has 3 N–H and O–H groups in total. The number of hydrogen-bond acceptors (Lipinski definition) is 3. The monoisotopic (exact) mass is 334 g/mol. The van der Waals surface area contributed by atoms with Crippen molar-refractivity contribution in [3.63, 3.8) is 0 Å². The molecule has 1 aliphatic rings. The molecule has 0 atom stereocenters. The van der Waals surface area contributed by atoms with Crippen molar-refractivity contribution < 1.29 is 9.59 Å². The molecule has 0 saturated heterocycles. The third-order valence-corrected chi connectivity index (χ3v) is 4.42. The Bertz CT molecular complexity index is 958. The van der Waals surface area contributed by atoms with Crippen molar-refractivity contribution in [3.8, 4) is 0 Å². The highest BCUT2D eigenvalue weighted by molar-refractivity contribution is 6.08. The molecule has 6 heteroatoms. The summed E-state index contributed by atoms with van der Waals surface area (Å²) in [7, 11) is 0. The van der Waals surface area contributed by atoms with Crippen LogP contribution in [-0.4, -0.2) is 21.4 Å². The van der Waals surface area contributed by atoms with E-state index in [9.17, 15) is 9.59 Å². The molecule has 2 heterocycles. The summed E-state index contributed by atoms with van der Waals surface area (Å²) in [4.78, 5) is 28.5. The van der Waals surface area contributed by atoms with E-state index in [-0.39, 0.29) is 5.91 Å². The molecular formula is C19H18N4O2. The van der Waals surface area contributed by atoms with Gasteiger partial charge in [0.05, 0.1) is 17.4 Å². The van der Waals surface area contributed by atoms with E-state index in [4.69, 9.17) is 5.73 Å². The van der Waals surface area contributed by atoms with Crippen molar-refractivity contribution in [1.82, 2.24) is 9.55 Å². The molecule has 2 aromatic heterocycles. The summed E-state index contributed by atoms with van der Waals surface area (Å²) in [5, 5.41) is 3.48. The van der Waals surface area contributed by atoms with E-state index in [0.29, 0.717) is 28.1 Å². The van der Waals surface area contributed by atoms with E-state index in [1.165, 1.54) is 12.8 Å². The molecule has 1 aliphatic carbocycles. The van der Waals surface area contributed by atoms with Crippen molar-refractivity contribution in [2.24, 2.45) is 11.7 Å². The van der Waals surface area contributed by atoms with E-state index in [1.807, 2.05) is 10.6 Å². The number of carbonyl (C=O) groups excluding carboxylic acids is 2. The number of nitrogens with one attached hydrogen (secondary N) is 1. The van der Waals surface area contributed by atoms with E-state index in [2.05, 4.69) is 10.3 Å². The number of aromatic nitrogens is 2. The molecule has 3 aromatic rings. The van der Waals surface area contributed by atoms with Gasteiger partial charge in [0, 0.05) is 23.7 Å². The predicted octanol–water partition coefficient (Wildman–Crippen LogP) is 2.80. The summed E-state index contributed by atoms with van der Waals surface area (Å²) in [6.07, 6.45) is 5.78.